The molecule has 1 atom stereocenters. The predicted octanol–water partition coefficient (Wildman–Crippen LogP) is 2.11. The summed E-state index contributed by atoms with van der Waals surface area (Å²) in [6.07, 6.45) is 4.80. The van der Waals surface area contributed by atoms with E-state index in [0.29, 0.717) is 16.3 Å². The molecule has 0 bridgehead atoms. The number of aryl methyl sites for hydroxylation is 1. The molecule has 6 heteroatoms. The van der Waals surface area contributed by atoms with E-state index >= 15 is 0 Å². The van der Waals surface area contributed by atoms with Crippen molar-refractivity contribution in [2.75, 3.05) is 6.54 Å². The van der Waals surface area contributed by atoms with E-state index in [1.54, 1.807) is 24.4 Å². The molecular formula is C20H21N3O3. The van der Waals surface area contributed by atoms with E-state index in [9.17, 15) is 14.8 Å². The molecule has 2 aliphatic rings. The van der Waals surface area contributed by atoms with Gasteiger partial charge in [-0.15, -0.1) is 0 Å². The molecule has 1 aliphatic heterocycles. The van der Waals surface area contributed by atoms with Crippen molar-refractivity contribution in [2.24, 2.45) is 5.41 Å². The van der Waals surface area contributed by atoms with E-state index in [1.165, 1.54) is 0 Å². The standard InChI is InChI=1S/C20H21N3O3/c24-18(23(26)13-17-3-1-2-9-21-17)15-4-5-16-12-20(7-6-14(16)11-15)8-10-22-19(20)25/h1-5,9,11,26H,6-8,10,12-13H2,(H,22,25)/t20-/m1/s1. The number of hydrogen-bond donors (Lipinski definition) is 2. The third-order valence-corrected chi connectivity index (χ3v) is 5.50. The minimum atomic E-state index is -0.447. The van der Waals surface area contributed by atoms with Crippen LogP contribution in [-0.2, 0) is 24.2 Å². The van der Waals surface area contributed by atoms with Crippen LogP contribution < -0.4 is 5.32 Å². The third-order valence-electron chi connectivity index (χ3n) is 5.50. The Kier molecular flexibility index (Phi) is 4.20. The van der Waals surface area contributed by atoms with Crippen molar-refractivity contribution in [1.82, 2.24) is 15.4 Å². The molecule has 0 saturated carbocycles. The predicted molar refractivity (Wildman–Crippen MR) is 94.4 cm³/mol. The summed E-state index contributed by atoms with van der Waals surface area (Å²) < 4.78 is 0. The molecule has 1 fully saturated rings. The molecule has 1 saturated heterocycles. The largest absolute Gasteiger partial charge is 0.356 e. The lowest BCUT2D eigenvalue weighted by molar-refractivity contribution is -0.128. The molecule has 1 aromatic carbocycles. The number of hydrogen-bond acceptors (Lipinski definition) is 4. The Morgan fingerprint density at radius 2 is 2.12 bits per heavy atom. The van der Waals surface area contributed by atoms with Gasteiger partial charge in [0.15, 0.2) is 0 Å². The summed E-state index contributed by atoms with van der Waals surface area (Å²) in [6.45, 7) is 0.789. The first kappa shape index (κ1) is 16.7. The van der Waals surface area contributed by atoms with Gasteiger partial charge in [-0.2, -0.15) is 0 Å². The van der Waals surface area contributed by atoms with Crippen molar-refractivity contribution < 1.29 is 14.8 Å². The minimum absolute atomic E-state index is 0.0417. The van der Waals surface area contributed by atoms with Gasteiger partial charge in [0.05, 0.1) is 17.7 Å². The summed E-state index contributed by atoms with van der Waals surface area (Å²) in [4.78, 5) is 28.8. The molecule has 2 amide bonds. The molecule has 4 rings (SSSR count). The zero-order valence-electron chi connectivity index (χ0n) is 14.4. The highest BCUT2D eigenvalue weighted by Gasteiger charge is 2.44. The molecule has 1 spiro atoms. The van der Waals surface area contributed by atoms with Crippen LogP contribution in [0, 0.1) is 5.41 Å². The van der Waals surface area contributed by atoms with Gasteiger partial charge in [0.1, 0.15) is 0 Å². The lowest BCUT2D eigenvalue weighted by Crippen LogP contribution is -2.36. The molecule has 26 heavy (non-hydrogen) atoms. The van der Waals surface area contributed by atoms with E-state index in [4.69, 9.17) is 0 Å². The van der Waals surface area contributed by atoms with E-state index in [0.717, 1.165) is 43.4 Å². The second-order valence-electron chi connectivity index (χ2n) is 7.13. The van der Waals surface area contributed by atoms with Crippen molar-refractivity contribution in [3.05, 3.63) is 65.0 Å². The average molecular weight is 351 g/mol. The molecule has 2 aromatic rings. The van der Waals surface area contributed by atoms with E-state index in [1.807, 2.05) is 18.2 Å². The molecule has 0 unspecified atom stereocenters. The quantitative estimate of drug-likeness (QED) is 0.655. The van der Waals surface area contributed by atoms with E-state index in [-0.39, 0.29) is 17.9 Å². The molecular weight excluding hydrogens is 330 g/mol. The van der Waals surface area contributed by atoms with Crippen LogP contribution in [0.3, 0.4) is 0 Å². The molecule has 6 nitrogen and oxygen atoms in total. The summed E-state index contributed by atoms with van der Waals surface area (Å²) in [6, 6.07) is 10.9. The first-order valence-electron chi connectivity index (χ1n) is 8.88. The smallest absolute Gasteiger partial charge is 0.277 e. The molecule has 0 radical (unpaired) electrons. The molecule has 2 heterocycles. The van der Waals surface area contributed by atoms with Crippen molar-refractivity contribution in [3.63, 3.8) is 0 Å². The van der Waals surface area contributed by atoms with Crippen molar-refractivity contribution >= 4 is 11.8 Å². The number of carbonyl (C=O) groups is 2. The summed E-state index contributed by atoms with van der Waals surface area (Å²) in [7, 11) is 0. The van der Waals surface area contributed by atoms with Crippen LogP contribution in [0.15, 0.2) is 42.6 Å². The second-order valence-corrected chi connectivity index (χ2v) is 7.13. The second kappa shape index (κ2) is 6.53. The van der Waals surface area contributed by atoms with Crippen molar-refractivity contribution in [2.45, 2.75) is 32.2 Å². The van der Waals surface area contributed by atoms with E-state index in [2.05, 4.69) is 10.3 Å². The maximum absolute atomic E-state index is 12.5. The van der Waals surface area contributed by atoms with Crippen LogP contribution in [0.2, 0.25) is 0 Å². The van der Waals surface area contributed by atoms with Gasteiger partial charge in [0.25, 0.3) is 5.91 Å². The Balaban J connectivity index is 1.51. The Hall–Kier alpha value is -2.73. The number of benzene rings is 1. The maximum Gasteiger partial charge on any atom is 0.277 e. The van der Waals surface area contributed by atoms with Gasteiger partial charge in [0, 0.05) is 18.3 Å². The molecule has 134 valence electrons. The number of hydroxylamine groups is 2. The zero-order valence-corrected chi connectivity index (χ0v) is 14.4. The van der Waals surface area contributed by atoms with Crippen LogP contribution in [0.1, 0.15) is 40.0 Å². The normalized spacial score (nSPS) is 21.3. The monoisotopic (exact) mass is 351 g/mol. The van der Waals surface area contributed by atoms with Gasteiger partial charge in [-0.1, -0.05) is 12.1 Å². The highest BCUT2D eigenvalue weighted by atomic mass is 16.5. The van der Waals surface area contributed by atoms with Crippen LogP contribution in [-0.4, -0.2) is 33.6 Å². The number of aromatic nitrogens is 1. The molecule has 1 aliphatic carbocycles. The van der Waals surface area contributed by atoms with Crippen LogP contribution >= 0.6 is 0 Å². The number of amides is 2. The van der Waals surface area contributed by atoms with E-state index < -0.39 is 5.91 Å². The molecule has 1 aromatic heterocycles. The van der Waals surface area contributed by atoms with Gasteiger partial charge in [-0.25, -0.2) is 5.06 Å². The number of rotatable bonds is 3. The minimum Gasteiger partial charge on any atom is -0.356 e. The Bertz CT molecular complexity index is 853. The van der Waals surface area contributed by atoms with Crippen LogP contribution in [0.5, 0.6) is 0 Å². The summed E-state index contributed by atoms with van der Waals surface area (Å²) in [5.41, 5.74) is 3.01. The maximum atomic E-state index is 12.5. The Morgan fingerprint density at radius 3 is 2.85 bits per heavy atom. The number of nitrogens with one attached hydrogen (secondary N) is 1. The lowest BCUT2D eigenvalue weighted by Gasteiger charge is -2.32. The average Bonchev–Trinajstić information content (AvgIpc) is 3.01. The summed E-state index contributed by atoms with van der Waals surface area (Å²) >= 11 is 0. The van der Waals surface area contributed by atoms with Gasteiger partial charge >= 0.3 is 0 Å². The Morgan fingerprint density at radius 1 is 1.23 bits per heavy atom. The Labute approximate surface area is 151 Å². The summed E-state index contributed by atoms with van der Waals surface area (Å²) in [5, 5.41) is 13.8. The number of nitrogens with zero attached hydrogens (tertiary/aromatic N) is 2. The highest BCUT2D eigenvalue weighted by molar-refractivity contribution is 5.93. The van der Waals surface area contributed by atoms with Crippen molar-refractivity contribution in [1.29, 1.82) is 0 Å². The summed E-state index contributed by atoms with van der Waals surface area (Å²) in [5.74, 6) is -0.294. The zero-order chi connectivity index (χ0) is 18.1. The third kappa shape index (κ3) is 2.97. The number of pyridine rings is 1. The van der Waals surface area contributed by atoms with Crippen molar-refractivity contribution in [3.8, 4) is 0 Å². The fraction of sp³-hybridized carbons (Fsp3) is 0.350. The SMILES string of the molecule is O=C(c1ccc2c(c1)CC[C@@]1(CCNC1=O)C2)N(O)Cc1ccccn1. The topological polar surface area (TPSA) is 82.5 Å². The number of fused-ring (bicyclic) bond motifs is 1. The van der Waals surface area contributed by atoms with Gasteiger partial charge < -0.3 is 5.32 Å². The first-order valence-corrected chi connectivity index (χ1v) is 8.88. The van der Waals surface area contributed by atoms with Gasteiger partial charge in [-0.05, 0) is 61.1 Å². The number of carbonyl (C=O) groups excluding carboxylic acids is 2. The van der Waals surface area contributed by atoms with Crippen LogP contribution in [0.25, 0.3) is 0 Å². The van der Waals surface area contributed by atoms with Gasteiger partial charge in [-0.3, -0.25) is 19.8 Å². The highest BCUT2D eigenvalue weighted by Crippen LogP contribution is 2.41. The van der Waals surface area contributed by atoms with Crippen LogP contribution in [0.4, 0.5) is 0 Å². The molecule has 2 N–H and O–H groups in total. The van der Waals surface area contributed by atoms with Gasteiger partial charge in [0.2, 0.25) is 5.91 Å². The fourth-order valence-electron chi connectivity index (χ4n) is 3.98. The fourth-order valence-corrected chi connectivity index (χ4v) is 3.98. The first-order chi connectivity index (χ1) is 12.6. The lowest BCUT2D eigenvalue weighted by atomic mass is 9.70.